The summed E-state index contributed by atoms with van der Waals surface area (Å²) in [5.74, 6) is 2.26. The Hall–Kier alpha value is -3.64. The zero-order chi connectivity index (χ0) is 33.0. The van der Waals surface area contributed by atoms with Crippen LogP contribution < -0.4 is 0 Å². The molecule has 240 valence electrons. The molecule has 0 radical (unpaired) electrons. The fourth-order valence-electron chi connectivity index (χ4n) is 5.41. The summed E-state index contributed by atoms with van der Waals surface area (Å²) in [7, 11) is 0. The van der Waals surface area contributed by atoms with E-state index in [2.05, 4.69) is 165 Å². The van der Waals surface area contributed by atoms with Crippen molar-refractivity contribution < 1.29 is 0 Å². The van der Waals surface area contributed by atoms with E-state index < -0.39 is 0 Å². The fourth-order valence-corrected chi connectivity index (χ4v) is 5.41. The van der Waals surface area contributed by atoms with Crippen molar-refractivity contribution in [2.75, 3.05) is 0 Å². The molecule has 0 aliphatic carbocycles. The minimum absolute atomic E-state index is 0.733. The molecule has 0 nitrogen and oxygen atoms in total. The Balaban J connectivity index is 0.000000215. The van der Waals surface area contributed by atoms with Crippen LogP contribution >= 0.6 is 0 Å². The first-order valence-corrected chi connectivity index (χ1v) is 17.2. The van der Waals surface area contributed by atoms with Crippen molar-refractivity contribution >= 4 is 10.8 Å². The van der Waals surface area contributed by atoms with Gasteiger partial charge in [0.05, 0.1) is 0 Å². The lowest BCUT2D eigenvalue weighted by atomic mass is 9.96. The van der Waals surface area contributed by atoms with Crippen LogP contribution in [0.3, 0.4) is 0 Å². The van der Waals surface area contributed by atoms with E-state index in [1.54, 1.807) is 0 Å². The van der Waals surface area contributed by atoms with Crippen LogP contribution in [0.1, 0.15) is 88.8 Å². The van der Waals surface area contributed by atoms with Crippen molar-refractivity contribution in [2.45, 2.75) is 94.4 Å². The number of hydrogen-bond donors (Lipinski definition) is 0. The van der Waals surface area contributed by atoms with Crippen LogP contribution in [0.25, 0.3) is 10.8 Å². The Labute approximate surface area is 277 Å². The zero-order valence-electron chi connectivity index (χ0n) is 29.8. The molecule has 0 amide bonds. The molecular formula is C45H60. The van der Waals surface area contributed by atoms with Gasteiger partial charge in [-0.3, -0.25) is 0 Å². The third-order valence-corrected chi connectivity index (χ3v) is 7.56. The molecule has 0 unspecified atom stereocenters. The van der Waals surface area contributed by atoms with Gasteiger partial charge in [-0.1, -0.05) is 182 Å². The summed E-state index contributed by atoms with van der Waals surface area (Å²) < 4.78 is 0. The average molecular weight is 601 g/mol. The van der Waals surface area contributed by atoms with Crippen molar-refractivity contribution in [1.82, 2.24) is 0 Å². The quantitative estimate of drug-likeness (QED) is 0.166. The molecule has 5 aromatic rings. The van der Waals surface area contributed by atoms with Gasteiger partial charge in [0, 0.05) is 0 Å². The Morgan fingerprint density at radius 3 is 1.33 bits per heavy atom. The highest BCUT2D eigenvalue weighted by Crippen LogP contribution is 2.18. The topological polar surface area (TPSA) is 0 Å². The maximum Gasteiger partial charge on any atom is -0.0181 e. The van der Waals surface area contributed by atoms with E-state index in [1.165, 1.54) is 63.4 Å². The summed E-state index contributed by atoms with van der Waals surface area (Å²) in [4.78, 5) is 0. The predicted molar refractivity (Wildman–Crippen MR) is 202 cm³/mol. The molecule has 45 heavy (non-hydrogen) atoms. The first kappa shape index (κ1) is 37.5. The van der Waals surface area contributed by atoms with Gasteiger partial charge in [0.1, 0.15) is 0 Å². The second-order valence-corrected chi connectivity index (χ2v) is 13.4. The largest absolute Gasteiger partial charge is 0.0625 e. The van der Waals surface area contributed by atoms with Gasteiger partial charge in [-0.15, -0.1) is 0 Å². The molecular weight excluding hydrogens is 540 g/mol. The third kappa shape index (κ3) is 15.8. The van der Waals surface area contributed by atoms with Crippen molar-refractivity contribution in [1.29, 1.82) is 0 Å². The Bertz CT molecular complexity index is 1460. The normalized spacial score (nSPS) is 10.5. The van der Waals surface area contributed by atoms with Crippen LogP contribution in [-0.2, 0) is 32.1 Å². The smallest absolute Gasteiger partial charge is 0.0181 e. The SMILES string of the molecule is CC(C)Cc1ccc2ccccc2c1.CC(C)Cc1ccccc1.CCc1ccc(CC(C)C)cc1CC.Cc1ccccc1. The summed E-state index contributed by atoms with van der Waals surface area (Å²) >= 11 is 0. The maximum absolute atomic E-state index is 2.39. The summed E-state index contributed by atoms with van der Waals surface area (Å²) in [5.41, 5.74) is 8.75. The summed E-state index contributed by atoms with van der Waals surface area (Å²) in [6, 6.07) is 43.1. The highest BCUT2D eigenvalue weighted by molar-refractivity contribution is 5.82. The third-order valence-electron chi connectivity index (χ3n) is 7.56. The molecule has 0 heterocycles. The number of aryl methyl sites for hydroxylation is 3. The lowest BCUT2D eigenvalue weighted by molar-refractivity contribution is 0.646. The minimum Gasteiger partial charge on any atom is -0.0625 e. The molecule has 0 atom stereocenters. The molecule has 0 N–H and O–H groups in total. The first-order chi connectivity index (χ1) is 21.6. The number of hydrogen-bond acceptors (Lipinski definition) is 0. The van der Waals surface area contributed by atoms with E-state index in [0.717, 1.165) is 30.6 Å². The van der Waals surface area contributed by atoms with Gasteiger partial charge in [-0.25, -0.2) is 0 Å². The van der Waals surface area contributed by atoms with Crippen LogP contribution in [0, 0.1) is 24.7 Å². The molecule has 0 aromatic heterocycles. The van der Waals surface area contributed by atoms with E-state index in [4.69, 9.17) is 0 Å². The molecule has 5 aromatic carbocycles. The fraction of sp³-hybridized carbons (Fsp3) is 0.378. The van der Waals surface area contributed by atoms with Gasteiger partial charge >= 0.3 is 0 Å². The lowest BCUT2D eigenvalue weighted by Crippen LogP contribution is -1.97. The van der Waals surface area contributed by atoms with Crippen LogP contribution in [0.15, 0.2) is 121 Å². The van der Waals surface area contributed by atoms with Crippen LogP contribution in [0.4, 0.5) is 0 Å². The number of fused-ring (bicyclic) bond motifs is 1. The van der Waals surface area contributed by atoms with Gasteiger partial charge in [0.15, 0.2) is 0 Å². The lowest BCUT2D eigenvalue weighted by Gasteiger charge is -2.10. The summed E-state index contributed by atoms with van der Waals surface area (Å²) in [5, 5.41) is 2.69. The van der Waals surface area contributed by atoms with E-state index in [0.29, 0.717) is 0 Å². The Morgan fingerprint density at radius 2 is 0.844 bits per heavy atom. The van der Waals surface area contributed by atoms with E-state index in [1.807, 2.05) is 18.2 Å². The molecule has 0 saturated heterocycles. The van der Waals surface area contributed by atoms with Gasteiger partial charge < -0.3 is 0 Å². The molecule has 0 bridgehead atoms. The molecule has 0 aliphatic heterocycles. The molecule has 0 fully saturated rings. The number of rotatable bonds is 8. The maximum atomic E-state index is 2.39. The molecule has 0 heteroatoms. The highest BCUT2D eigenvalue weighted by Gasteiger charge is 2.03. The standard InChI is InChI=1S/C14H16.C14H22.C10H14.C7H8/c1-11(2)9-12-7-8-13-5-3-4-6-14(13)10-12;1-5-13-8-7-12(9-11(3)4)10-14(13)6-2;1-9(2)8-10-6-4-3-5-7-10;1-7-5-3-2-4-6-7/h3-8,10-11H,9H2,1-2H3;7-8,10-11H,5-6,9H2,1-4H3;3-7,9H,8H2,1-2H3;2-6H,1H3. The van der Waals surface area contributed by atoms with Gasteiger partial charge in [-0.05, 0) is 95.4 Å². The first-order valence-electron chi connectivity index (χ1n) is 17.2. The van der Waals surface area contributed by atoms with E-state index >= 15 is 0 Å². The second kappa shape index (κ2) is 21.2. The Morgan fingerprint density at radius 1 is 0.400 bits per heavy atom. The molecule has 0 aliphatic rings. The van der Waals surface area contributed by atoms with Crippen molar-refractivity contribution in [2.24, 2.45) is 17.8 Å². The van der Waals surface area contributed by atoms with E-state index in [9.17, 15) is 0 Å². The summed E-state index contributed by atoms with van der Waals surface area (Å²) in [6.45, 7) is 20.1. The number of benzene rings is 5. The molecule has 0 spiro atoms. The second-order valence-electron chi connectivity index (χ2n) is 13.4. The minimum atomic E-state index is 0.733. The molecule has 0 saturated carbocycles. The summed E-state index contributed by atoms with van der Waals surface area (Å²) in [6.07, 6.45) is 5.89. The predicted octanol–water partition coefficient (Wildman–Crippen LogP) is 12.9. The van der Waals surface area contributed by atoms with Gasteiger partial charge in [0.25, 0.3) is 0 Å². The Kier molecular flexibility index (Phi) is 17.7. The van der Waals surface area contributed by atoms with Crippen LogP contribution in [-0.4, -0.2) is 0 Å². The van der Waals surface area contributed by atoms with E-state index in [-0.39, 0.29) is 0 Å². The highest BCUT2D eigenvalue weighted by atomic mass is 14.1. The van der Waals surface area contributed by atoms with Crippen LogP contribution in [0.5, 0.6) is 0 Å². The zero-order valence-corrected chi connectivity index (χ0v) is 29.8. The van der Waals surface area contributed by atoms with Gasteiger partial charge in [-0.2, -0.15) is 0 Å². The average Bonchev–Trinajstić information content (AvgIpc) is 3.02. The monoisotopic (exact) mass is 600 g/mol. The van der Waals surface area contributed by atoms with Gasteiger partial charge in [0.2, 0.25) is 0 Å². The van der Waals surface area contributed by atoms with Crippen molar-refractivity contribution in [3.63, 3.8) is 0 Å². The van der Waals surface area contributed by atoms with Crippen molar-refractivity contribution in [3.05, 3.63) is 155 Å². The van der Waals surface area contributed by atoms with Crippen LogP contribution in [0.2, 0.25) is 0 Å². The van der Waals surface area contributed by atoms with Crippen molar-refractivity contribution in [3.8, 4) is 0 Å². The molecule has 5 rings (SSSR count).